The Labute approximate surface area is 89.0 Å². The van der Waals surface area contributed by atoms with E-state index in [0.717, 1.165) is 13.3 Å². The molecule has 0 radical (unpaired) electrons. The molecule has 1 rings (SSSR count). The van der Waals surface area contributed by atoms with Crippen molar-refractivity contribution >= 4 is 5.97 Å². The molecule has 0 atom stereocenters. The van der Waals surface area contributed by atoms with Crippen molar-refractivity contribution in [3.8, 4) is 5.75 Å². The van der Waals surface area contributed by atoms with Crippen LogP contribution in [-0.4, -0.2) is 25.2 Å². The Morgan fingerprint density at radius 3 is 2.44 bits per heavy atom. The Morgan fingerprint density at radius 2 is 2.00 bits per heavy atom. The molecule has 0 aromatic carbocycles. The zero-order chi connectivity index (χ0) is 12.3. The Balaban J connectivity index is 3.33. The Hall–Kier alpha value is -1.79. The number of esters is 1. The van der Waals surface area contributed by atoms with E-state index in [4.69, 9.17) is 0 Å². The second-order valence-electron chi connectivity index (χ2n) is 2.76. The SMILES string of the molecule is COC(=O)c1ncc(OC)cc1C(F)(F)F. The number of carbonyl (C=O) groups is 1. The smallest absolute Gasteiger partial charge is 0.418 e. The molecule has 0 aliphatic heterocycles. The number of methoxy groups -OCH3 is 2. The van der Waals surface area contributed by atoms with Gasteiger partial charge in [-0.25, -0.2) is 9.78 Å². The number of nitrogens with zero attached hydrogens (tertiary/aromatic N) is 1. The van der Waals surface area contributed by atoms with Gasteiger partial charge in [-0.3, -0.25) is 0 Å². The van der Waals surface area contributed by atoms with Crippen LogP contribution in [0.5, 0.6) is 5.75 Å². The van der Waals surface area contributed by atoms with E-state index in [1.165, 1.54) is 7.11 Å². The summed E-state index contributed by atoms with van der Waals surface area (Å²) in [6, 6.07) is 0.694. The highest BCUT2D eigenvalue weighted by atomic mass is 19.4. The molecule has 0 bridgehead atoms. The molecule has 0 saturated carbocycles. The minimum absolute atomic E-state index is 0.0834. The Bertz CT molecular complexity index is 403. The fraction of sp³-hybridized carbons (Fsp3) is 0.333. The van der Waals surface area contributed by atoms with Gasteiger partial charge in [-0.05, 0) is 6.07 Å². The van der Waals surface area contributed by atoms with Gasteiger partial charge in [0.2, 0.25) is 0 Å². The quantitative estimate of drug-likeness (QED) is 0.734. The highest BCUT2D eigenvalue weighted by Gasteiger charge is 2.37. The first kappa shape index (κ1) is 12.3. The maximum Gasteiger partial charge on any atom is 0.418 e. The van der Waals surface area contributed by atoms with Gasteiger partial charge in [0.05, 0.1) is 26.0 Å². The zero-order valence-electron chi connectivity index (χ0n) is 8.46. The number of hydrogen-bond acceptors (Lipinski definition) is 4. The van der Waals surface area contributed by atoms with Crippen molar-refractivity contribution in [2.75, 3.05) is 14.2 Å². The van der Waals surface area contributed by atoms with Crippen molar-refractivity contribution in [3.63, 3.8) is 0 Å². The fourth-order valence-corrected chi connectivity index (χ4v) is 1.03. The maximum absolute atomic E-state index is 12.6. The van der Waals surface area contributed by atoms with Gasteiger partial charge in [0.15, 0.2) is 5.69 Å². The van der Waals surface area contributed by atoms with Crippen LogP contribution in [0.15, 0.2) is 12.3 Å². The Morgan fingerprint density at radius 1 is 1.38 bits per heavy atom. The van der Waals surface area contributed by atoms with Crippen LogP contribution >= 0.6 is 0 Å². The van der Waals surface area contributed by atoms with Crippen LogP contribution < -0.4 is 4.74 Å². The maximum atomic E-state index is 12.6. The number of carbonyl (C=O) groups excluding carboxylic acids is 1. The van der Waals surface area contributed by atoms with E-state index >= 15 is 0 Å². The monoisotopic (exact) mass is 235 g/mol. The standard InChI is InChI=1S/C9H8F3NO3/c1-15-5-3-6(9(10,11)12)7(13-4-5)8(14)16-2/h3-4H,1-2H3. The van der Waals surface area contributed by atoms with Crippen LogP contribution in [0.2, 0.25) is 0 Å². The first-order valence-corrected chi connectivity index (χ1v) is 4.09. The van der Waals surface area contributed by atoms with Crippen molar-refractivity contribution in [2.45, 2.75) is 6.18 Å². The minimum atomic E-state index is -4.69. The van der Waals surface area contributed by atoms with E-state index in [9.17, 15) is 18.0 Å². The molecule has 1 aromatic rings. The summed E-state index contributed by atoms with van der Waals surface area (Å²) >= 11 is 0. The zero-order valence-corrected chi connectivity index (χ0v) is 8.46. The summed E-state index contributed by atoms with van der Waals surface area (Å²) in [6.07, 6.45) is -3.67. The molecule has 16 heavy (non-hydrogen) atoms. The van der Waals surface area contributed by atoms with Gasteiger partial charge in [-0.15, -0.1) is 0 Å². The summed E-state index contributed by atoms with van der Waals surface area (Å²) in [7, 11) is 2.18. The third-order valence-corrected chi connectivity index (χ3v) is 1.78. The number of alkyl halides is 3. The molecular formula is C9H8F3NO3. The molecule has 0 spiro atoms. The van der Waals surface area contributed by atoms with Gasteiger partial charge >= 0.3 is 12.1 Å². The van der Waals surface area contributed by atoms with Gasteiger partial charge in [0.1, 0.15) is 5.75 Å². The predicted octanol–water partition coefficient (Wildman–Crippen LogP) is 1.90. The number of ether oxygens (including phenoxy) is 2. The first-order valence-electron chi connectivity index (χ1n) is 4.09. The lowest BCUT2D eigenvalue weighted by molar-refractivity contribution is -0.138. The Kier molecular flexibility index (Phi) is 3.36. The van der Waals surface area contributed by atoms with E-state index in [1.807, 2.05) is 0 Å². The van der Waals surface area contributed by atoms with Gasteiger partial charge in [-0.2, -0.15) is 13.2 Å². The molecule has 0 N–H and O–H groups in total. The van der Waals surface area contributed by atoms with Crippen LogP contribution in [0.4, 0.5) is 13.2 Å². The summed E-state index contributed by atoms with van der Waals surface area (Å²) in [5, 5.41) is 0. The normalized spacial score (nSPS) is 11.1. The molecule has 1 aromatic heterocycles. The van der Waals surface area contributed by atoms with Crippen LogP contribution in [-0.2, 0) is 10.9 Å². The topological polar surface area (TPSA) is 48.4 Å². The average molecular weight is 235 g/mol. The minimum Gasteiger partial charge on any atom is -0.495 e. The second kappa shape index (κ2) is 4.38. The molecule has 0 saturated heterocycles. The predicted molar refractivity (Wildman–Crippen MR) is 47.1 cm³/mol. The molecule has 1 heterocycles. The fourth-order valence-electron chi connectivity index (χ4n) is 1.03. The molecular weight excluding hydrogens is 227 g/mol. The van der Waals surface area contributed by atoms with E-state index in [1.54, 1.807) is 0 Å². The average Bonchev–Trinajstić information content (AvgIpc) is 2.26. The molecule has 4 nitrogen and oxygen atoms in total. The number of aromatic nitrogens is 1. The van der Waals surface area contributed by atoms with Crippen LogP contribution in [0, 0.1) is 0 Å². The molecule has 0 aliphatic rings. The molecule has 88 valence electrons. The summed E-state index contributed by atoms with van der Waals surface area (Å²) in [5.41, 5.74) is -1.96. The lowest BCUT2D eigenvalue weighted by Crippen LogP contribution is -2.16. The van der Waals surface area contributed by atoms with Crippen LogP contribution in [0.1, 0.15) is 16.1 Å². The van der Waals surface area contributed by atoms with E-state index in [-0.39, 0.29) is 5.75 Å². The summed E-state index contributed by atoms with van der Waals surface area (Å²) in [6.45, 7) is 0. The summed E-state index contributed by atoms with van der Waals surface area (Å²) < 4.78 is 46.5. The molecule has 7 heteroatoms. The number of pyridine rings is 1. The second-order valence-corrected chi connectivity index (χ2v) is 2.76. The molecule has 0 aliphatic carbocycles. The van der Waals surface area contributed by atoms with Gasteiger partial charge in [-0.1, -0.05) is 0 Å². The third kappa shape index (κ3) is 2.41. The lowest BCUT2D eigenvalue weighted by atomic mass is 10.2. The van der Waals surface area contributed by atoms with Crippen molar-refractivity contribution in [1.29, 1.82) is 0 Å². The number of halogens is 3. The van der Waals surface area contributed by atoms with Gasteiger partial charge in [0, 0.05) is 0 Å². The summed E-state index contributed by atoms with van der Waals surface area (Å²) in [4.78, 5) is 14.4. The first-order chi connectivity index (χ1) is 7.40. The third-order valence-electron chi connectivity index (χ3n) is 1.78. The van der Waals surface area contributed by atoms with E-state index in [2.05, 4.69) is 14.5 Å². The number of hydrogen-bond donors (Lipinski definition) is 0. The molecule has 0 fully saturated rings. The molecule has 0 amide bonds. The van der Waals surface area contributed by atoms with E-state index in [0.29, 0.717) is 6.07 Å². The molecule has 0 unspecified atom stereocenters. The van der Waals surface area contributed by atoms with Crippen molar-refractivity contribution in [3.05, 3.63) is 23.5 Å². The van der Waals surface area contributed by atoms with Crippen LogP contribution in [0.3, 0.4) is 0 Å². The van der Waals surface area contributed by atoms with Crippen LogP contribution in [0.25, 0.3) is 0 Å². The summed E-state index contributed by atoms with van der Waals surface area (Å²) in [5.74, 6) is -1.23. The highest BCUT2D eigenvalue weighted by Crippen LogP contribution is 2.33. The largest absolute Gasteiger partial charge is 0.495 e. The lowest BCUT2D eigenvalue weighted by Gasteiger charge is -2.11. The number of rotatable bonds is 2. The van der Waals surface area contributed by atoms with Crippen molar-refractivity contribution in [1.82, 2.24) is 4.98 Å². The van der Waals surface area contributed by atoms with Gasteiger partial charge < -0.3 is 9.47 Å². The van der Waals surface area contributed by atoms with Crippen molar-refractivity contribution in [2.24, 2.45) is 0 Å². The van der Waals surface area contributed by atoms with E-state index < -0.39 is 23.4 Å². The highest BCUT2D eigenvalue weighted by molar-refractivity contribution is 5.89. The van der Waals surface area contributed by atoms with Crippen molar-refractivity contribution < 1.29 is 27.4 Å². The van der Waals surface area contributed by atoms with Gasteiger partial charge in [0.25, 0.3) is 0 Å².